The molecule has 1 heterocycles. The minimum Gasteiger partial charge on any atom is -0.444 e. The van der Waals surface area contributed by atoms with E-state index in [1.54, 1.807) is 4.90 Å². The Kier molecular flexibility index (Phi) is 7.00. The monoisotopic (exact) mass is 347 g/mol. The number of piperidine rings is 1. The molecule has 1 aliphatic rings. The van der Waals surface area contributed by atoms with Crippen LogP contribution in [0.25, 0.3) is 0 Å². The summed E-state index contributed by atoms with van der Waals surface area (Å²) < 4.78 is 5.39. The number of amides is 1. The maximum atomic E-state index is 12.0. The molecular formula is C15H26BrNO3. The van der Waals surface area contributed by atoms with Crippen molar-refractivity contribution in [1.29, 1.82) is 0 Å². The molecule has 4 nitrogen and oxygen atoms in total. The van der Waals surface area contributed by atoms with Gasteiger partial charge in [0.1, 0.15) is 11.9 Å². The first-order chi connectivity index (χ1) is 9.33. The van der Waals surface area contributed by atoms with Crippen molar-refractivity contribution in [3.63, 3.8) is 0 Å². The Labute approximate surface area is 130 Å². The van der Waals surface area contributed by atoms with Crippen molar-refractivity contribution in [3.8, 4) is 0 Å². The summed E-state index contributed by atoms with van der Waals surface area (Å²) in [6, 6.07) is 0. The van der Waals surface area contributed by atoms with E-state index in [1.165, 1.54) is 0 Å². The molecule has 1 aliphatic heterocycles. The van der Waals surface area contributed by atoms with E-state index in [1.807, 2.05) is 20.8 Å². The number of aldehydes is 1. The van der Waals surface area contributed by atoms with Gasteiger partial charge in [-0.15, -0.1) is 0 Å². The quantitative estimate of drug-likeness (QED) is 0.432. The molecule has 1 rings (SSSR count). The van der Waals surface area contributed by atoms with Crippen LogP contribution >= 0.6 is 15.9 Å². The van der Waals surface area contributed by atoms with Crippen LogP contribution in [0, 0.1) is 5.92 Å². The molecule has 1 unspecified atom stereocenters. The van der Waals surface area contributed by atoms with Crippen LogP contribution in [0.1, 0.15) is 52.9 Å². The molecule has 5 heteroatoms. The zero-order valence-corrected chi connectivity index (χ0v) is 14.3. The first-order valence-electron chi connectivity index (χ1n) is 7.39. The summed E-state index contributed by atoms with van der Waals surface area (Å²) in [5.41, 5.74) is -0.430. The zero-order valence-electron chi connectivity index (χ0n) is 12.7. The van der Waals surface area contributed by atoms with E-state index in [4.69, 9.17) is 4.74 Å². The topological polar surface area (TPSA) is 46.6 Å². The summed E-state index contributed by atoms with van der Waals surface area (Å²) in [4.78, 5) is 24.5. The van der Waals surface area contributed by atoms with E-state index < -0.39 is 5.60 Å². The number of carbonyl (C=O) groups excluding carboxylic acids is 2. The Balaban J connectivity index is 2.32. The fourth-order valence-corrected chi connectivity index (χ4v) is 3.25. The molecule has 0 saturated carbocycles. The molecular weight excluding hydrogens is 322 g/mol. The Morgan fingerprint density at radius 1 is 1.40 bits per heavy atom. The third kappa shape index (κ3) is 6.25. The van der Waals surface area contributed by atoms with Gasteiger partial charge >= 0.3 is 6.09 Å². The van der Waals surface area contributed by atoms with Crippen LogP contribution < -0.4 is 0 Å². The van der Waals surface area contributed by atoms with E-state index in [0.717, 1.165) is 45.1 Å². The van der Waals surface area contributed by atoms with Crippen molar-refractivity contribution >= 4 is 28.3 Å². The van der Waals surface area contributed by atoms with Crippen molar-refractivity contribution in [2.75, 3.05) is 13.1 Å². The average Bonchev–Trinajstić information content (AvgIpc) is 2.37. The summed E-state index contributed by atoms with van der Waals surface area (Å²) in [5, 5.41) is 0. The second-order valence-corrected chi connectivity index (χ2v) is 7.59. The van der Waals surface area contributed by atoms with Crippen molar-refractivity contribution in [3.05, 3.63) is 0 Å². The Hall–Kier alpha value is -0.580. The average molecular weight is 348 g/mol. The van der Waals surface area contributed by atoms with Gasteiger partial charge in [0.25, 0.3) is 0 Å². The number of hydrogen-bond acceptors (Lipinski definition) is 3. The minimum absolute atomic E-state index is 0.206. The predicted molar refractivity (Wildman–Crippen MR) is 83.2 cm³/mol. The highest BCUT2D eigenvalue weighted by molar-refractivity contribution is 9.09. The lowest BCUT2D eigenvalue weighted by Crippen LogP contribution is -2.43. The van der Waals surface area contributed by atoms with Gasteiger partial charge in [-0.2, -0.15) is 0 Å². The molecule has 0 aromatic carbocycles. The van der Waals surface area contributed by atoms with Gasteiger partial charge in [-0.3, -0.25) is 0 Å². The Bertz CT molecular complexity index is 320. The third-order valence-corrected chi connectivity index (χ3v) is 4.71. The van der Waals surface area contributed by atoms with Crippen LogP contribution in [0.4, 0.5) is 4.79 Å². The molecule has 1 amide bonds. The lowest BCUT2D eigenvalue weighted by Gasteiger charge is -2.35. The molecule has 0 aliphatic carbocycles. The number of likely N-dealkylation sites (tertiary alicyclic amines) is 1. The molecule has 20 heavy (non-hydrogen) atoms. The maximum absolute atomic E-state index is 12.0. The molecule has 0 radical (unpaired) electrons. The van der Waals surface area contributed by atoms with Crippen molar-refractivity contribution < 1.29 is 14.3 Å². The number of hydrogen-bond donors (Lipinski definition) is 0. The number of ether oxygens (including phenoxy) is 1. The van der Waals surface area contributed by atoms with Crippen molar-refractivity contribution in [2.45, 2.75) is 63.3 Å². The van der Waals surface area contributed by atoms with Gasteiger partial charge in [0.2, 0.25) is 0 Å². The molecule has 0 aromatic rings. The number of unbranched alkanes of at least 4 members (excludes halogenated alkanes) is 1. The van der Waals surface area contributed by atoms with Gasteiger partial charge in [-0.05, 0) is 52.4 Å². The van der Waals surface area contributed by atoms with Gasteiger partial charge in [0, 0.05) is 24.3 Å². The smallest absolute Gasteiger partial charge is 0.410 e. The summed E-state index contributed by atoms with van der Waals surface area (Å²) in [7, 11) is 0. The van der Waals surface area contributed by atoms with E-state index in [2.05, 4.69) is 15.9 Å². The number of nitrogens with zero attached hydrogens (tertiary/aromatic N) is 1. The molecule has 0 spiro atoms. The first-order valence-corrected chi connectivity index (χ1v) is 8.30. The van der Waals surface area contributed by atoms with Crippen LogP contribution in [-0.4, -0.2) is 40.8 Å². The van der Waals surface area contributed by atoms with Crippen molar-refractivity contribution in [1.82, 2.24) is 4.90 Å². The Morgan fingerprint density at radius 2 is 2.00 bits per heavy atom. The molecule has 1 saturated heterocycles. The van der Waals surface area contributed by atoms with Gasteiger partial charge in [-0.25, -0.2) is 4.79 Å². The molecule has 1 atom stereocenters. The molecule has 0 N–H and O–H groups in total. The number of rotatable bonds is 5. The zero-order chi connectivity index (χ0) is 15.2. The van der Waals surface area contributed by atoms with Gasteiger partial charge in [0.05, 0.1) is 0 Å². The lowest BCUT2D eigenvalue weighted by molar-refractivity contribution is -0.107. The van der Waals surface area contributed by atoms with Crippen LogP contribution in [-0.2, 0) is 9.53 Å². The first kappa shape index (κ1) is 17.5. The fourth-order valence-electron chi connectivity index (χ4n) is 2.40. The van der Waals surface area contributed by atoms with E-state index >= 15 is 0 Å². The summed E-state index contributed by atoms with van der Waals surface area (Å²) in [6.45, 7) is 7.18. The van der Waals surface area contributed by atoms with Crippen LogP contribution in [0.3, 0.4) is 0 Å². The molecule has 116 valence electrons. The number of halogens is 1. The highest BCUT2D eigenvalue weighted by atomic mass is 79.9. The molecule has 1 fully saturated rings. The number of carbonyl (C=O) groups is 2. The van der Waals surface area contributed by atoms with E-state index in [0.29, 0.717) is 17.2 Å². The van der Waals surface area contributed by atoms with Gasteiger partial charge in [-0.1, -0.05) is 15.9 Å². The van der Waals surface area contributed by atoms with Gasteiger partial charge < -0.3 is 14.4 Å². The maximum Gasteiger partial charge on any atom is 0.410 e. The largest absolute Gasteiger partial charge is 0.444 e. The second kappa shape index (κ2) is 8.01. The lowest BCUT2D eigenvalue weighted by atomic mass is 9.91. The fraction of sp³-hybridized carbons (Fsp3) is 0.867. The third-order valence-electron chi connectivity index (χ3n) is 3.50. The molecule has 0 aromatic heterocycles. The van der Waals surface area contributed by atoms with Crippen LogP contribution in [0.5, 0.6) is 0 Å². The van der Waals surface area contributed by atoms with Crippen LogP contribution in [0.15, 0.2) is 0 Å². The van der Waals surface area contributed by atoms with Crippen molar-refractivity contribution in [2.24, 2.45) is 5.92 Å². The SMILES string of the molecule is CC(C)(C)OC(=O)N1CCC(C(Br)CCCC=O)CC1. The second-order valence-electron chi connectivity index (χ2n) is 6.42. The molecule has 0 bridgehead atoms. The predicted octanol–water partition coefficient (Wildman–Crippen LogP) is 3.77. The Morgan fingerprint density at radius 3 is 2.50 bits per heavy atom. The van der Waals surface area contributed by atoms with Gasteiger partial charge in [0.15, 0.2) is 0 Å². The summed E-state index contributed by atoms with van der Waals surface area (Å²) in [6.07, 6.45) is 5.36. The number of alkyl halides is 1. The highest BCUT2D eigenvalue weighted by Gasteiger charge is 2.29. The summed E-state index contributed by atoms with van der Waals surface area (Å²) >= 11 is 3.72. The normalized spacial score (nSPS) is 18.7. The van der Waals surface area contributed by atoms with Crippen LogP contribution in [0.2, 0.25) is 0 Å². The summed E-state index contributed by atoms with van der Waals surface area (Å²) in [5.74, 6) is 0.584. The standard InChI is InChI=1S/C15H26BrNO3/c1-15(2,3)20-14(19)17-9-7-12(8-10-17)13(16)6-4-5-11-18/h11-13H,4-10H2,1-3H3. The minimum atomic E-state index is -0.430. The van der Waals surface area contributed by atoms with E-state index in [-0.39, 0.29) is 6.09 Å². The van der Waals surface area contributed by atoms with E-state index in [9.17, 15) is 9.59 Å². The highest BCUT2D eigenvalue weighted by Crippen LogP contribution is 2.29.